The number of hydrogen-bond donors (Lipinski definition) is 0. The smallest absolute Gasteiger partial charge is 0.143 e. The van der Waals surface area contributed by atoms with E-state index in [0.717, 1.165) is 50.1 Å². The molecular formula is C55H39NO. The predicted octanol–water partition coefficient (Wildman–Crippen LogP) is 15.5. The summed E-state index contributed by atoms with van der Waals surface area (Å²) in [6.07, 6.45) is 0. The van der Waals surface area contributed by atoms with Crippen LogP contribution in [0.4, 0.5) is 17.1 Å². The van der Waals surface area contributed by atoms with Gasteiger partial charge in [0.05, 0.1) is 5.69 Å². The first kappa shape index (κ1) is 33.2. The van der Waals surface area contributed by atoms with Gasteiger partial charge in [0.15, 0.2) is 0 Å². The highest BCUT2D eigenvalue weighted by atomic mass is 16.3. The topological polar surface area (TPSA) is 16.4 Å². The van der Waals surface area contributed by atoms with Crippen molar-refractivity contribution in [1.82, 2.24) is 0 Å². The Balaban J connectivity index is 1.07. The molecule has 1 aliphatic carbocycles. The Labute approximate surface area is 332 Å². The van der Waals surface area contributed by atoms with Gasteiger partial charge in [0.1, 0.15) is 11.2 Å². The molecule has 270 valence electrons. The number of fused-ring (bicyclic) bond motifs is 7. The molecule has 0 unspecified atom stereocenters. The highest BCUT2D eigenvalue weighted by Crippen LogP contribution is 2.51. The molecule has 2 heteroatoms. The summed E-state index contributed by atoms with van der Waals surface area (Å²) in [6, 6.07) is 72.6. The van der Waals surface area contributed by atoms with Gasteiger partial charge >= 0.3 is 0 Å². The third kappa shape index (κ3) is 5.33. The van der Waals surface area contributed by atoms with E-state index in [1.165, 1.54) is 55.3 Å². The van der Waals surface area contributed by atoms with Crippen molar-refractivity contribution >= 4 is 49.8 Å². The van der Waals surface area contributed by atoms with Gasteiger partial charge in [-0.25, -0.2) is 0 Å². The first-order chi connectivity index (χ1) is 28.0. The second-order valence-corrected chi connectivity index (χ2v) is 15.7. The Bertz CT molecular complexity index is 3130. The van der Waals surface area contributed by atoms with Crippen LogP contribution in [0.1, 0.15) is 25.0 Å². The number of rotatable bonds is 6. The number of furan rings is 1. The Morgan fingerprint density at radius 3 is 1.75 bits per heavy atom. The molecule has 2 nitrogen and oxygen atoms in total. The zero-order valence-electron chi connectivity index (χ0n) is 31.9. The van der Waals surface area contributed by atoms with E-state index < -0.39 is 0 Å². The fourth-order valence-corrected chi connectivity index (χ4v) is 9.23. The van der Waals surface area contributed by atoms with Gasteiger partial charge in [-0.1, -0.05) is 178 Å². The SMILES string of the molecule is CC1(C)c2ccccc2-c2ccc(N(c3ccc(-c4cccc5c4oc4ccccc45)cc3)c3ccc(-c4ccc(-c5ccccc5)cc4)c4ccccc34)cc21. The Morgan fingerprint density at radius 2 is 0.930 bits per heavy atom. The van der Waals surface area contributed by atoms with Crippen LogP contribution in [0, 0.1) is 0 Å². The molecule has 0 saturated carbocycles. The van der Waals surface area contributed by atoms with Crippen molar-refractivity contribution in [2.24, 2.45) is 0 Å². The zero-order chi connectivity index (χ0) is 38.1. The van der Waals surface area contributed by atoms with E-state index in [-0.39, 0.29) is 5.41 Å². The third-order valence-electron chi connectivity index (χ3n) is 12.1. The normalized spacial score (nSPS) is 12.9. The second kappa shape index (κ2) is 13.0. The van der Waals surface area contributed by atoms with Gasteiger partial charge in [-0.2, -0.15) is 0 Å². The van der Waals surface area contributed by atoms with Crippen molar-refractivity contribution in [3.63, 3.8) is 0 Å². The molecule has 1 aliphatic rings. The van der Waals surface area contributed by atoms with Crippen molar-refractivity contribution in [3.05, 3.63) is 211 Å². The zero-order valence-corrected chi connectivity index (χ0v) is 31.9. The van der Waals surface area contributed by atoms with Gasteiger partial charge in [-0.15, -0.1) is 0 Å². The number of para-hydroxylation sites is 2. The number of anilines is 3. The van der Waals surface area contributed by atoms with Gasteiger partial charge in [0.25, 0.3) is 0 Å². The molecule has 0 N–H and O–H groups in total. The Morgan fingerprint density at radius 1 is 0.368 bits per heavy atom. The van der Waals surface area contributed by atoms with Crippen LogP contribution in [-0.4, -0.2) is 0 Å². The minimum Gasteiger partial charge on any atom is -0.455 e. The largest absolute Gasteiger partial charge is 0.455 e. The van der Waals surface area contributed by atoms with Gasteiger partial charge in [-0.3, -0.25) is 0 Å². The molecule has 0 fully saturated rings. The molecule has 10 aromatic rings. The van der Waals surface area contributed by atoms with Crippen molar-refractivity contribution in [1.29, 1.82) is 0 Å². The van der Waals surface area contributed by atoms with E-state index in [2.05, 4.69) is 207 Å². The van der Waals surface area contributed by atoms with E-state index in [1.54, 1.807) is 0 Å². The maximum atomic E-state index is 6.46. The second-order valence-electron chi connectivity index (χ2n) is 15.7. The highest BCUT2D eigenvalue weighted by molar-refractivity contribution is 6.10. The van der Waals surface area contributed by atoms with Crippen molar-refractivity contribution in [2.45, 2.75) is 19.3 Å². The molecule has 1 aromatic heterocycles. The molecular weight excluding hydrogens is 691 g/mol. The van der Waals surface area contributed by atoms with Crippen molar-refractivity contribution < 1.29 is 4.42 Å². The summed E-state index contributed by atoms with van der Waals surface area (Å²) in [7, 11) is 0. The summed E-state index contributed by atoms with van der Waals surface area (Å²) in [4.78, 5) is 2.44. The highest BCUT2D eigenvalue weighted by Gasteiger charge is 2.36. The molecule has 0 bridgehead atoms. The molecule has 11 rings (SSSR count). The van der Waals surface area contributed by atoms with Crippen LogP contribution in [0.15, 0.2) is 205 Å². The lowest BCUT2D eigenvalue weighted by Crippen LogP contribution is -2.16. The average Bonchev–Trinajstić information content (AvgIpc) is 3.76. The van der Waals surface area contributed by atoms with Crippen LogP contribution in [0.2, 0.25) is 0 Å². The summed E-state index contributed by atoms with van der Waals surface area (Å²) in [5.41, 5.74) is 17.5. The molecule has 0 aliphatic heterocycles. The van der Waals surface area contributed by atoms with Crippen LogP contribution in [0.25, 0.3) is 77.2 Å². The molecule has 0 spiro atoms. The molecule has 1 heterocycles. The van der Waals surface area contributed by atoms with E-state index in [9.17, 15) is 0 Å². The minimum atomic E-state index is -0.124. The van der Waals surface area contributed by atoms with Crippen LogP contribution < -0.4 is 4.90 Å². The van der Waals surface area contributed by atoms with E-state index in [0.29, 0.717) is 0 Å². The van der Waals surface area contributed by atoms with Crippen LogP contribution in [0.5, 0.6) is 0 Å². The number of benzene rings is 9. The van der Waals surface area contributed by atoms with Crippen molar-refractivity contribution in [3.8, 4) is 44.5 Å². The lowest BCUT2D eigenvalue weighted by molar-refractivity contribution is 0.660. The predicted molar refractivity (Wildman–Crippen MR) is 240 cm³/mol. The van der Waals surface area contributed by atoms with Crippen LogP contribution in [-0.2, 0) is 5.41 Å². The molecule has 9 aromatic carbocycles. The summed E-state index contributed by atoms with van der Waals surface area (Å²) in [6.45, 7) is 4.71. The fraction of sp³-hybridized carbons (Fsp3) is 0.0545. The lowest BCUT2D eigenvalue weighted by Gasteiger charge is -2.29. The molecule has 57 heavy (non-hydrogen) atoms. The average molecular weight is 730 g/mol. The Hall–Kier alpha value is -7.16. The number of hydrogen-bond acceptors (Lipinski definition) is 2. The van der Waals surface area contributed by atoms with Crippen molar-refractivity contribution in [2.75, 3.05) is 4.90 Å². The fourth-order valence-electron chi connectivity index (χ4n) is 9.23. The summed E-state index contributed by atoms with van der Waals surface area (Å²) < 4.78 is 6.46. The summed E-state index contributed by atoms with van der Waals surface area (Å²) >= 11 is 0. The van der Waals surface area contributed by atoms with Gasteiger partial charge < -0.3 is 9.32 Å². The van der Waals surface area contributed by atoms with Gasteiger partial charge in [-0.05, 0) is 91.9 Å². The van der Waals surface area contributed by atoms with E-state index in [1.807, 2.05) is 12.1 Å². The van der Waals surface area contributed by atoms with E-state index in [4.69, 9.17) is 4.42 Å². The molecule has 0 saturated heterocycles. The summed E-state index contributed by atoms with van der Waals surface area (Å²) in [5.74, 6) is 0. The molecule has 0 amide bonds. The standard InChI is InChI=1S/C55H39NO/c1-55(2)50-21-10-8-16-45(50)46-32-31-41(35-51(46)55)56(40-29-27-39(28-30-40)43-19-12-20-49-48-18-9-11-22-53(48)57-54(43)49)52-34-33-42(44-15-6-7-17-47(44)52)38-25-23-37(24-26-38)36-13-4-3-5-14-36/h3-35H,1-2H3. The van der Waals surface area contributed by atoms with Crippen LogP contribution in [0.3, 0.4) is 0 Å². The maximum absolute atomic E-state index is 6.46. The Kier molecular flexibility index (Phi) is 7.55. The number of nitrogens with zero attached hydrogens (tertiary/aromatic N) is 1. The quantitative estimate of drug-likeness (QED) is 0.169. The lowest BCUT2D eigenvalue weighted by atomic mass is 9.82. The summed E-state index contributed by atoms with van der Waals surface area (Å²) in [5, 5.41) is 4.69. The molecule has 0 radical (unpaired) electrons. The monoisotopic (exact) mass is 729 g/mol. The molecule has 0 atom stereocenters. The first-order valence-corrected chi connectivity index (χ1v) is 19.8. The first-order valence-electron chi connectivity index (χ1n) is 19.8. The van der Waals surface area contributed by atoms with Gasteiger partial charge in [0.2, 0.25) is 0 Å². The van der Waals surface area contributed by atoms with Gasteiger partial charge in [0, 0.05) is 38.5 Å². The van der Waals surface area contributed by atoms with Crippen LogP contribution >= 0.6 is 0 Å². The maximum Gasteiger partial charge on any atom is 0.143 e. The third-order valence-corrected chi connectivity index (χ3v) is 12.1. The minimum absolute atomic E-state index is 0.124. The van der Waals surface area contributed by atoms with E-state index >= 15 is 0 Å².